The maximum Gasteiger partial charge on any atom is 0.243 e. The predicted molar refractivity (Wildman–Crippen MR) is 86.6 cm³/mol. The lowest BCUT2D eigenvalue weighted by atomic mass is 10.3. The molecule has 1 aromatic carbocycles. The van der Waals surface area contributed by atoms with Gasteiger partial charge in [0.05, 0.1) is 15.6 Å². The van der Waals surface area contributed by atoms with E-state index < -0.39 is 21.7 Å². The Morgan fingerprint density at radius 1 is 1.04 bits per heavy atom. The number of benzene rings is 1. The lowest BCUT2D eigenvalue weighted by Crippen LogP contribution is -2.48. The van der Waals surface area contributed by atoms with Gasteiger partial charge in [0.2, 0.25) is 10.0 Å². The highest BCUT2D eigenvalue weighted by Crippen LogP contribution is 2.26. The molecule has 0 saturated carbocycles. The van der Waals surface area contributed by atoms with Gasteiger partial charge >= 0.3 is 0 Å². The van der Waals surface area contributed by atoms with Gasteiger partial charge in [-0.05, 0) is 24.3 Å². The zero-order valence-corrected chi connectivity index (χ0v) is 14.1. The summed E-state index contributed by atoms with van der Waals surface area (Å²) < 4.78 is 52.7. The zero-order chi connectivity index (χ0) is 17.3. The van der Waals surface area contributed by atoms with E-state index in [9.17, 15) is 17.2 Å². The van der Waals surface area contributed by atoms with Gasteiger partial charge in [-0.15, -0.1) is 0 Å². The van der Waals surface area contributed by atoms with Gasteiger partial charge in [-0.25, -0.2) is 17.2 Å². The van der Waals surface area contributed by atoms with Gasteiger partial charge in [0, 0.05) is 38.6 Å². The number of aromatic nitrogens is 1. The van der Waals surface area contributed by atoms with Crippen molar-refractivity contribution in [3.63, 3.8) is 0 Å². The maximum atomic E-state index is 13.3. The summed E-state index contributed by atoms with van der Waals surface area (Å²) in [6.07, 6.45) is 3.15. The summed E-state index contributed by atoms with van der Waals surface area (Å²) >= 11 is 6.10. The van der Waals surface area contributed by atoms with Crippen molar-refractivity contribution in [2.45, 2.75) is 4.90 Å². The van der Waals surface area contributed by atoms with E-state index in [4.69, 9.17) is 11.6 Å². The third kappa shape index (κ3) is 3.22. The van der Waals surface area contributed by atoms with Crippen molar-refractivity contribution in [2.24, 2.45) is 0 Å². The van der Waals surface area contributed by atoms with Crippen LogP contribution in [0.1, 0.15) is 0 Å². The quantitative estimate of drug-likeness (QED) is 0.829. The van der Waals surface area contributed by atoms with E-state index in [1.165, 1.54) is 10.5 Å². The number of halogens is 3. The Morgan fingerprint density at radius 3 is 2.38 bits per heavy atom. The second kappa shape index (κ2) is 6.62. The highest BCUT2D eigenvalue weighted by atomic mass is 35.5. The number of anilines is 1. The van der Waals surface area contributed by atoms with Crippen LogP contribution in [0.25, 0.3) is 0 Å². The number of sulfonamides is 1. The standard InChI is InChI=1S/C15H14ClF2N3O2S/c16-12-10-19-4-3-15(12)20-5-7-21(8-6-20)24(22,23)11-1-2-13(17)14(18)9-11/h1-4,9-10H,5-8H2. The van der Waals surface area contributed by atoms with Crippen LogP contribution in [-0.2, 0) is 10.0 Å². The van der Waals surface area contributed by atoms with Crippen LogP contribution in [0.3, 0.4) is 0 Å². The normalized spacial score (nSPS) is 16.4. The minimum absolute atomic E-state index is 0.222. The Kier molecular flexibility index (Phi) is 4.71. The highest BCUT2D eigenvalue weighted by molar-refractivity contribution is 7.89. The topological polar surface area (TPSA) is 53.5 Å². The fourth-order valence-electron chi connectivity index (χ4n) is 2.58. The molecule has 24 heavy (non-hydrogen) atoms. The summed E-state index contributed by atoms with van der Waals surface area (Å²) in [5, 5.41) is 0.495. The van der Waals surface area contributed by atoms with E-state index in [2.05, 4.69) is 4.98 Å². The van der Waals surface area contributed by atoms with Gasteiger partial charge in [0.15, 0.2) is 11.6 Å². The van der Waals surface area contributed by atoms with Crippen LogP contribution in [0.2, 0.25) is 5.02 Å². The fourth-order valence-corrected chi connectivity index (χ4v) is 4.25. The first-order valence-electron chi connectivity index (χ1n) is 7.19. The monoisotopic (exact) mass is 373 g/mol. The number of hydrogen-bond acceptors (Lipinski definition) is 4. The van der Waals surface area contributed by atoms with Crippen LogP contribution < -0.4 is 4.90 Å². The molecule has 0 atom stereocenters. The molecule has 0 unspecified atom stereocenters. The van der Waals surface area contributed by atoms with E-state index in [0.29, 0.717) is 24.2 Å². The van der Waals surface area contributed by atoms with Gasteiger partial charge in [0.25, 0.3) is 0 Å². The van der Waals surface area contributed by atoms with Gasteiger partial charge in [-0.2, -0.15) is 4.31 Å². The Morgan fingerprint density at radius 2 is 1.75 bits per heavy atom. The second-order valence-corrected chi connectivity index (χ2v) is 7.64. The summed E-state index contributed by atoms with van der Waals surface area (Å²) in [6, 6.07) is 4.35. The minimum Gasteiger partial charge on any atom is -0.368 e. The van der Waals surface area contributed by atoms with Gasteiger partial charge in [0.1, 0.15) is 0 Å². The molecule has 0 radical (unpaired) electrons. The first-order valence-corrected chi connectivity index (χ1v) is 9.01. The largest absolute Gasteiger partial charge is 0.368 e. The average Bonchev–Trinajstić information content (AvgIpc) is 2.58. The molecule has 0 spiro atoms. The molecule has 0 aliphatic carbocycles. The maximum absolute atomic E-state index is 13.3. The van der Waals surface area contributed by atoms with Crippen molar-refractivity contribution < 1.29 is 17.2 Å². The summed E-state index contributed by atoms with van der Waals surface area (Å²) in [6.45, 7) is 1.32. The van der Waals surface area contributed by atoms with Gasteiger partial charge in [-0.3, -0.25) is 4.98 Å². The first kappa shape index (κ1) is 17.1. The van der Waals surface area contributed by atoms with Crippen LogP contribution in [0.4, 0.5) is 14.5 Å². The van der Waals surface area contributed by atoms with Crippen LogP contribution in [-0.4, -0.2) is 43.9 Å². The van der Waals surface area contributed by atoms with E-state index in [0.717, 1.165) is 17.8 Å². The molecule has 0 N–H and O–H groups in total. The summed E-state index contributed by atoms with van der Waals surface area (Å²) in [5.74, 6) is -2.26. The molecule has 1 aliphatic rings. The van der Waals surface area contributed by atoms with Crippen molar-refractivity contribution in [2.75, 3.05) is 31.1 Å². The number of hydrogen-bond donors (Lipinski definition) is 0. The third-order valence-electron chi connectivity index (χ3n) is 3.86. The van der Waals surface area contributed by atoms with Crippen LogP contribution in [0, 0.1) is 11.6 Å². The molecule has 2 heterocycles. The molecule has 2 aromatic rings. The zero-order valence-electron chi connectivity index (χ0n) is 12.5. The molecule has 5 nitrogen and oxygen atoms in total. The Bertz CT molecular complexity index is 856. The second-order valence-electron chi connectivity index (χ2n) is 5.29. The molecule has 0 amide bonds. The SMILES string of the molecule is O=S(=O)(c1ccc(F)c(F)c1)N1CCN(c2ccncc2Cl)CC1. The van der Waals surface area contributed by atoms with Crippen molar-refractivity contribution in [1.29, 1.82) is 0 Å². The van der Waals surface area contributed by atoms with Crippen LogP contribution in [0.15, 0.2) is 41.6 Å². The molecule has 3 rings (SSSR count). The smallest absolute Gasteiger partial charge is 0.243 e. The Labute approximate surface area is 143 Å². The number of piperazine rings is 1. The molecular formula is C15H14ClF2N3O2S. The van der Waals surface area contributed by atoms with Gasteiger partial charge in [-0.1, -0.05) is 11.6 Å². The lowest BCUT2D eigenvalue weighted by molar-refractivity contribution is 0.384. The van der Waals surface area contributed by atoms with E-state index in [1.54, 1.807) is 12.3 Å². The summed E-state index contributed by atoms with van der Waals surface area (Å²) in [5.41, 5.74) is 0.788. The molecule has 1 aliphatic heterocycles. The Balaban J connectivity index is 1.76. The summed E-state index contributed by atoms with van der Waals surface area (Å²) in [4.78, 5) is 5.62. The lowest BCUT2D eigenvalue weighted by Gasteiger charge is -2.35. The molecule has 0 bridgehead atoms. The molecule has 1 fully saturated rings. The molecule has 128 valence electrons. The predicted octanol–water partition coefficient (Wildman–Crippen LogP) is 2.52. The number of nitrogens with zero attached hydrogens (tertiary/aromatic N) is 3. The van der Waals surface area contributed by atoms with Crippen LogP contribution >= 0.6 is 11.6 Å². The first-order chi connectivity index (χ1) is 11.4. The average molecular weight is 374 g/mol. The van der Waals surface area contributed by atoms with Crippen LogP contribution in [0.5, 0.6) is 0 Å². The van der Waals surface area contributed by atoms with Crippen molar-refractivity contribution in [3.8, 4) is 0 Å². The number of pyridine rings is 1. The van der Waals surface area contributed by atoms with Crippen molar-refractivity contribution >= 4 is 27.3 Å². The van der Waals surface area contributed by atoms with Gasteiger partial charge < -0.3 is 4.90 Å². The van der Waals surface area contributed by atoms with E-state index in [1.807, 2.05) is 4.90 Å². The van der Waals surface area contributed by atoms with Crippen molar-refractivity contribution in [3.05, 3.63) is 53.3 Å². The van der Waals surface area contributed by atoms with E-state index >= 15 is 0 Å². The highest BCUT2D eigenvalue weighted by Gasteiger charge is 2.29. The minimum atomic E-state index is -3.86. The van der Waals surface area contributed by atoms with E-state index in [-0.39, 0.29) is 18.0 Å². The summed E-state index contributed by atoms with van der Waals surface area (Å²) in [7, 11) is -3.86. The number of rotatable bonds is 3. The fraction of sp³-hybridized carbons (Fsp3) is 0.267. The molecule has 9 heteroatoms. The molecule has 1 saturated heterocycles. The Hall–Kier alpha value is -1.77. The van der Waals surface area contributed by atoms with Crippen molar-refractivity contribution in [1.82, 2.24) is 9.29 Å². The third-order valence-corrected chi connectivity index (χ3v) is 6.05. The molecular weight excluding hydrogens is 360 g/mol. The molecule has 1 aromatic heterocycles.